The van der Waals surface area contributed by atoms with E-state index in [4.69, 9.17) is 9.47 Å². The molecule has 0 radical (unpaired) electrons. The number of hydrogen-bond donors (Lipinski definition) is 3. The van der Waals surface area contributed by atoms with Crippen LogP contribution in [0.25, 0.3) is 11.1 Å². The third-order valence-electron chi connectivity index (χ3n) is 6.91. The van der Waals surface area contributed by atoms with E-state index in [1.807, 2.05) is 0 Å². The SMILES string of the molecule is Cn1cc(-c2cc(CCN[SH](=O)=O)ccc2Oc2ccc(F)cc2F)c(OC2CC3(CNC3)C2)cc1=O. The molecular weight excluding hydrogens is 504 g/mol. The highest BCUT2D eigenvalue weighted by Gasteiger charge is 2.49. The van der Waals surface area contributed by atoms with Gasteiger partial charge in [-0.1, -0.05) is 6.07 Å². The third kappa shape index (κ3) is 5.53. The van der Waals surface area contributed by atoms with Crippen molar-refractivity contribution in [3.63, 3.8) is 0 Å². The van der Waals surface area contributed by atoms with Gasteiger partial charge in [0.05, 0.1) is 6.10 Å². The Morgan fingerprint density at radius 3 is 2.49 bits per heavy atom. The van der Waals surface area contributed by atoms with Gasteiger partial charge in [0.25, 0.3) is 5.56 Å². The molecule has 1 aliphatic carbocycles. The van der Waals surface area contributed by atoms with E-state index in [0.29, 0.717) is 23.3 Å². The average molecular weight is 532 g/mol. The topological polar surface area (TPSA) is 98.7 Å². The first-order valence-electron chi connectivity index (χ1n) is 11.9. The number of hydrogen-bond acceptors (Lipinski definition) is 6. The van der Waals surface area contributed by atoms with E-state index in [-0.39, 0.29) is 35.1 Å². The number of rotatable bonds is 9. The zero-order valence-corrected chi connectivity index (χ0v) is 21.0. The average Bonchev–Trinajstić information content (AvgIpc) is 2.79. The second-order valence-electron chi connectivity index (χ2n) is 9.67. The lowest BCUT2D eigenvalue weighted by Crippen LogP contribution is -2.62. The third-order valence-corrected chi connectivity index (χ3v) is 7.39. The van der Waals surface area contributed by atoms with E-state index in [9.17, 15) is 22.0 Å². The Labute approximate surface area is 214 Å². The molecule has 2 N–H and O–H groups in total. The van der Waals surface area contributed by atoms with Crippen molar-refractivity contribution >= 4 is 10.9 Å². The van der Waals surface area contributed by atoms with Crippen LogP contribution in [0.4, 0.5) is 8.78 Å². The van der Waals surface area contributed by atoms with Gasteiger partial charge in [-0.25, -0.2) is 21.9 Å². The Morgan fingerprint density at radius 1 is 1.05 bits per heavy atom. The van der Waals surface area contributed by atoms with E-state index < -0.39 is 22.5 Å². The van der Waals surface area contributed by atoms with Gasteiger partial charge in [0.2, 0.25) is 10.9 Å². The zero-order valence-electron chi connectivity index (χ0n) is 20.1. The lowest BCUT2D eigenvalue weighted by atomic mass is 9.63. The Morgan fingerprint density at radius 2 is 1.81 bits per heavy atom. The maximum absolute atomic E-state index is 14.4. The molecule has 2 aliphatic rings. The van der Waals surface area contributed by atoms with Crippen molar-refractivity contribution in [3.05, 3.63) is 76.2 Å². The number of aromatic nitrogens is 1. The molecule has 1 aliphatic heterocycles. The maximum Gasteiger partial charge on any atom is 0.254 e. The highest BCUT2D eigenvalue weighted by molar-refractivity contribution is 7.70. The molecule has 0 amide bonds. The van der Waals surface area contributed by atoms with Crippen molar-refractivity contribution in [3.8, 4) is 28.4 Å². The molecule has 0 atom stereocenters. The molecule has 0 bridgehead atoms. The van der Waals surface area contributed by atoms with Gasteiger partial charge >= 0.3 is 0 Å². The molecule has 196 valence electrons. The lowest BCUT2D eigenvalue weighted by Gasteiger charge is -2.53. The summed E-state index contributed by atoms with van der Waals surface area (Å²) in [6.07, 6.45) is 3.77. The van der Waals surface area contributed by atoms with Crippen LogP contribution in [0.2, 0.25) is 0 Å². The molecule has 1 saturated heterocycles. The van der Waals surface area contributed by atoms with Gasteiger partial charge in [-0.15, -0.1) is 0 Å². The van der Waals surface area contributed by atoms with Crippen LogP contribution in [0, 0.1) is 17.0 Å². The molecule has 5 rings (SSSR count). The Hall–Kier alpha value is -3.28. The van der Waals surface area contributed by atoms with E-state index in [1.54, 1.807) is 31.4 Å². The quantitative estimate of drug-likeness (QED) is 0.368. The minimum absolute atomic E-state index is 0.0346. The van der Waals surface area contributed by atoms with Crippen LogP contribution in [-0.2, 0) is 24.4 Å². The Kier molecular flexibility index (Phi) is 7.02. The van der Waals surface area contributed by atoms with Crippen LogP contribution in [0.1, 0.15) is 18.4 Å². The summed E-state index contributed by atoms with van der Waals surface area (Å²) in [7, 11) is -1.11. The number of pyridine rings is 1. The molecule has 2 heterocycles. The molecule has 2 fully saturated rings. The van der Waals surface area contributed by atoms with Crippen LogP contribution in [-0.4, -0.2) is 38.7 Å². The molecule has 1 saturated carbocycles. The summed E-state index contributed by atoms with van der Waals surface area (Å²) in [4.78, 5) is 12.5. The smallest absolute Gasteiger partial charge is 0.254 e. The number of thiol groups is 1. The highest BCUT2D eigenvalue weighted by Crippen LogP contribution is 2.47. The van der Waals surface area contributed by atoms with E-state index in [1.165, 1.54) is 16.7 Å². The van der Waals surface area contributed by atoms with Crippen molar-refractivity contribution in [1.29, 1.82) is 0 Å². The molecule has 1 spiro atoms. The maximum atomic E-state index is 14.4. The number of benzene rings is 2. The monoisotopic (exact) mass is 531 g/mol. The zero-order chi connectivity index (χ0) is 26.2. The van der Waals surface area contributed by atoms with Crippen molar-refractivity contribution in [2.75, 3.05) is 19.6 Å². The minimum Gasteiger partial charge on any atom is -0.489 e. The van der Waals surface area contributed by atoms with Gasteiger partial charge in [-0.3, -0.25) is 4.79 Å². The summed E-state index contributed by atoms with van der Waals surface area (Å²) in [5.41, 5.74) is 1.91. The summed E-state index contributed by atoms with van der Waals surface area (Å²) in [5.74, 6) is -1.08. The molecule has 11 heteroatoms. The van der Waals surface area contributed by atoms with Crippen LogP contribution in [0.15, 0.2) is 53.5 Å². The standard InChI is InChI=1S/C26H27F2N3O5S/c1-31-13-20(24(10-25(31)32)35-18-11-26(12-18)14-29-15-26)19-8-16(6-7-30-37(33)34)2-4-22(19)36-23-5-3-17(27)9-21(23)28/h2-5,8-10,13,18,29,37H,6-7,11-12,14-15H2,1H3,(H,30,33,34). The van der Waals surface area contributed by atoms with Crippen LogP contribution >= 0.6 is 0 Å². The number of aryl methyl sites for hydroxylation is 1. The summed E-state index contributed by atoms with van der Waals surface area (Å²) in [6.45, 7) is 2.12. The summed E-state index contributed by atoms with van der Waals surface area (Å²) < 4.78 is 65.6. The van der Waals surface area contributed by atoms with Crippen molar-refractivity contribution < 1.29 is 26.7 Å². The van der Waals surface area contributed by atoms with Crippen molar-refractivity contribution in [2.24, 2.45) is 12.5 Å². The predicted molar refractivity (Wildman–Crippen MR) is 135 cm³/mol. The fourth-order valence-corrected chi connectivity index (χ4v) is 5.14. The molecule has 0 unspecified atom stereocenters. The van der Waals surface area contributed by atoms with E-state index in [2.05, 4.69) is 10.0 Å². The van der Waals surface area contributed by atoms with Crippen molar-refractivity contribution in [2.45, 2.75) is 25.4 Å². The van der Waals surface area contributed by atoms with E-state index >= 15 is 0 Å². The largest absolute Gasteiger partial charge is 0.489 e. The summed E-state index contributed by atoms with van der Waals surface area (Å²) in [5, 5.41) is 3.29. The summed E-state index contributed by atoms with van der Waals surface area (Å²) in [6, 6.07) is 9.64. The normalized spacial score (nSPS) is 16.4. The Balaban J connectivity index is 1.53. The minimum atomic E-state index is -2.73. The van der Waals surface area contributed by atoms with Crippen LogP contribution < -0.4 is 25.1 Å². The molecular formula is C26H27F2N3O5S. The fourth-order valence-electron chi connectivity index (χ4n) is 4.85. The van der Waals surface area contributed by atoms with E-state index in [0.717, 1.165) is 43.6 Å². The van der Waals surface area contributed by atoms with Gasteiger partial charge < -0.3 is 19.4 Å². The lowest BCUT2D eigenvalue weighted by molar-refractivity contribution is -0.0493. The molecule has 2 aromatic carbocycles. The number of nitrogens with one attached hydrogen (secondary N) is 2. The summed E-state index contributed by atoms with van der Waals surface area (Å²) >= 11 is 0. The number of ether oxygens (including phenoxy) is 2. The first-order valence-corrected chi connectivity index (χ1v) is 13.1. The first-order chi connectivity index (χ1) is 17.7. The fraction of sp³-hybridized carbons (Fsp3) is 0.346. The van der Waals surface area contributed by atoms with Crippen LogP contribution in [0.5, 0.6) is 17.2 Å². The first kappa shape index (κ1) is 25.4. The van der Waals surface area contributed by atoms with Crippen molar-refractivity contribution in [1.82, 2.24) is 14.6 Å². The van der Waals surface area contributed by atoms with Crippen LogP contribution in [0.3, 0.4) is 0 Å². The molecule has 37 heavy (non-hydrogen) atoms. The second kappa shape index (κ2) is 10.2. The second-order valence-corrected chi connectivity index (χ2v) is 10.5. The van der Waals surface area contributed by atoms with Gasteiger partial charge in [0.1, 0.15) is 17.3 Å². The number of nitrogens with zero attached hydrogens (tertiary/aromatic N) is 1. The molecule has 1 aromatic heterocycles. The van der Waals surface area contributed by atoms with Gasteiger partial charge in [0, 0.05) is 61.6 Å². The predicted octanol–water partition coefficient (Wildman–Crippen LogP) is 2.91. The van der Waals surface area contributed by atoms with Gasteiger partial charge in [-0.2, -0.15) is 0 Å². The molecule has 8 nitrogen and oxygen atoms in total. The molecule has 3 aromatic rings. The van der Waals surface area contributed by atoms with Gasteiger partial charge in [0.15, 0.2) is 11.6 Å². The highest BCUT2D eigenvalue weighted by atomic mass is 32.2. The number of halogens is 2. The van der Waals surface area contributed by atoms with Gasteiger partial charge in [-0.05, 0) is 49.1 Å². The Bertz CT molecular complexity index is 1450.